The molecule has 0 aromatic heterocycles. The first kappa shape index (κ1) is 16.2. The number of hydrogen-bond acceptors (Lipinski definition) is 2. The Hall–Kier alpha value is -0.860. The van der Waals surface area contributed by atoms with Gasteiger partial charge in [0.25, 0.3) is 0 Å². The first-order chi connectivity index (χ1) is 9.17. The largest absolute Gasteiger partial charge is 0.303 e. The van der Waals surface area contributed by atoms with Crippen molar-refractivity contribution in [2.75, 3.05) is 33.2 Å². The molecule has 1 aromatic rings. The minimum atomic E-state index is 0.649. The lowest BCUT2D eigenvalue weighted by Crippen LogP contribution is -2.37. The quantitative estimate of drug-likeness (QED) is 0.674. The molecule has 0 N–H and O–H groups in total. The Morgan fingerprint density at radius 3 is 2.21 bits per heavy atom. The van der Waals surface area contributed by atoms with Crippen LogP contribution in [0.1, 0.15) is 32.8 Å². The van der Waals surface area contributed by atoms with Crippen LogP contribution in [0.2, 0.25) is 0 Å². The van der Waals surface area contributed by atoms with E-state index in [0.717, 1.165) is 19.6 Å². The molecule has 0 saturated heterocycles. The molecule has 0 saturated carbocycles. The zero-order valence-electron chi connectivity index (χ0n) is 13.1. The van der Waals surface area contributed by atoms with Crippen LogP contribution in [0.3, 0.4) is 0 Å². The van der Waals surface area contributed by atoms with Gasteiger partial charge < -0.3 is 9.80 Å². The lowest BCUT2D eigenvalue weighted by molar-refractivity contribution is 0.199. The molecule has 108 valence electrons. The molecule has 2 heteroatoms. The standard InChI is InChI=1S/C17H30N2/c1-5-19(6-2)15-14-18(4)16(3)12-13-17-10-8-7-9-11-17/h7-11,16H,5-6,12-15H2,1-4H3. The average molecular weight is 262 g/mol. The molecule has 0 aliphatic carbocycles. The molecule has 0 amide bonds. The fraction of sp³-hybridized carbons (Fsp3) is 0.647. The van der Waals surface area contributed by atoms with Crippen LogP contribution in [-0.4, -0.2) is 49.1 Å². The van der Waals surface area contributed by atoms with E-state index in [1.807, 2.05) is 0 Å². The lowest BCUT2D eigenvalue weighted by atomic mass is 10.1. The summed E-state index contributed by atoms with van der Waals surface area (Å²) in [4.78, 5) is 4.97. The van der Waals surface area contributed by atoms with Crippen molar-refractivity contribution in [3.63, 3.8) is 0 Å². The molecular weight excluding hydrogens is 232 g/mol. The summed E-state index contributed by atoms with van der Waals surface area (Å²) in [6.45, 7) is 11.5. The van der Waals surface area contributed by atoms with Gasteiger partial charge in [-0.1, -0.05) is 44.2 Å². The maximum absolute atomic E-state index is 2.49. The van der Waals surface area contributed by atoms with E-state index in [0.29, 0.717) is 6.04 Å². The number of nitrogens with zero attached hydrogens (tertiary/aromatic N) is 2. The summed E-state index contributed by atoms with van der Waals surface area (Å²) >= 11 is 0. The summed E-state index contributed by atoms with van der Waals surface area (Å²) in [5.41, 5.74) is 1.45. The second kappa shape index (κ2) is 9.11. The smallest absolute Gasteiger partial charge is 0.0109 e. The van der Waals surface area contributed by atoms with Gasteiger partial charge >= 0.3 is 0 Å². The molecule has 1 atom stereocenters. The highest BCUT2D eigenvalue weighted by Gasteiger charge is 2.10. The summed E-state index contributed by atoms with van der Waals surface area (Å²) in [5.74, 6) is 0. The van der Waals surface area contributed by atoms with E-state index >= 15 is 0 Å². The highest BCUT2D eigenvalue weighted by Crippen LogP contribution is 2.08. The summed E-state index contributed by atoms with van der Waals surface area (Å²) in [7, 11) is 2.25. The molecule has 0 radical (unpaired) electrons. The molecule has 1 aromatic carbocycles. The van der Waals surface area contributed by atoms with Crippen molar-refractivity contribution < 1.29 is 0 Å². The Labute approximate surface area is 119 Å². The van der Waals surface area contributed by atoms with E-state index in [1.165, 1.54) is 24.9 Å². The second-order valence-corrected chi connectivity index (χ2v) is 5.38. The van der Waals surface area contributed by atoms with Crippen LogP contribution in [0, 0.1) is 0 Å². The van der Waals surface area contributed by atoms with Gasteiger partial charge in [0, 0.05) is 19.1 Å². The minimum Gasteiger partial charge on any atom is -0.303 e. The van der Waals surface area contributed by atoms with Crippen molar-refractivity contribution >= 4 is 0 Å². The fourth-order valence-corrected chi connectivity index (χ4v) is 2.30. The third-order valence-electron chi connectivity index (χ3n) is 4.11. The van der Waals surface area contributed by atoms with E-state index in [-0.39, 0.29) is 0 Å². The lowest BCUT2D eigenvalue weighted by Gasteiger charge is -2.28. The van der Waals surface area contributed by atoms with Crippen LogP contribution >= 0.6 is 0 Å². The van der Waals surface area contributed by atoms with Crippen LogP contribution < -0.4 is 0 Å². The Bertz CT molecular complexity index is 319. The van der Waals surface area contributed by atoms with E-state index in [2.05, 4.69) is 68.0 Å². The normalized spacial score (nSPS) is 13.2. The highest BCUT2D eigenvalue weighted by molar-refractivity contribution is 5.14. The van der Waals surface area contributed by atoms with Crippen LogP contribution in [0.4, 0.5) is 0 Å². The van der Waals surface area contributed by atoms with Crippen LogP contribution in [0.5, 0.6) is 0 Å². The van der Waals surface area contributed by atoms with Crippen LogP contribution in [-0.2, 0) is 6.42 Å². The molecule has 0 aliphatic rings. The summed E-state index contributed by atoms with van der Waals surface area (Å²) in [5, 5.41) is 0. The molecule has 0 fully saturated rings. The highest BCUT2D eigenvalue weighted by atomic mass is 15.2. The van der Waals surface area contributed by atoms with Gasteiger partial charge in [0.2, 0.25) is 0 Å². The van der Waals surface area contributed by atoms with Crippen molar-refractivity contribution in [3.05, 3.63) is 35.9 Å². The second-order valence-electron chi connectivity index (χ2n) is 5.38. The number of aryl methyl sites for hydroxylation is 1. The van der Waals surface area contributed by atoms with E-state index < -0.39 is 0 Å². The van der Waals surface area contributed by atoms with E-state index in [1.54, 1.807) is 0 Å². The molecule has 0 aliphatic heterocycles. The van der Waals surface area contributed by atoms with Gasteiger partial charge in [-0.05, 0) is 45.5 Å². The van der Waals surface area contributed by atoms with Crippen LogP contribution in [0.15, 0.2) is 30.3 Å². The number of benzene rings is 1. The molecule has 2 nitrogen and oxygen atoms in total. The van der Waals surface area contributed by atoms with Crippen molar-refractivity contribution in [3.8, 4) is 0 Å². The van der Waals surface area contributed by atoms with Gasteiger partial charge in [0.1, 0.15) is 0 Å². The first-order valence-corrected chi connectivity index (χ1v) is 7.63. The zero-order chi connectivity index (χ0) is 14.1. The van der Waals surface area contributed by atoms with Gasteiger partial charge in [-0.2, -0.15) is 0 Å². The SMILES string of the molecule is CCN(CC)CCN(C)C(C)CCc1ccccc1. The number of likely N-dealkylation sites (N-methyl/N-ethyl adjacent to an activating group) is 2. The van der Waals surface area contributed by atoms with Crippen molar-refractivity contribution in [2.45, 2.75) is 39.7 Å². The Morgan fingerprint density at radius 2 is 1.63 bits per heavy atom. The Kier molecular flexibility index (Phi) is 7.76. The fourth-order valence-electron chi connectivity index (χ4n) is 2.30. The van der Waals surface area contributed by atoms with Gasteiger partial charge in [-0.15, -0.1) is 0 Å². The molecule has 0 heterocycles. The van der Waals surface area contributed by atoms with Gasteiger partial charge in [-0.25, -0.2) is 0 Å². The first-order valence-electron chi connectivity index (χ1n) is 7.63. The summed E-state index contributed by atoms with van der Waals surface area (Å²) < 4.78 is 0. The molecular formula is C17H30N2. The molecule has 1 rings (SSSR count). The number of rotatable bonds is 9. The third-order valence-corrected chi connectivity index (χ3v) is 4.11. The van der Waals surface area contributed by atoms with E-state index in [4.69, 9.17) is 0 Å². The summed E-state index contributed by atoms with van der Waals surface area (Å²) in [6, 6.07) is 11.4. The van der Waals surface area contributed by atoms with Crippen molar-refractivity contribution in [1.82, 2.24) is 9.80 Å². The van der Waals surface area contributed by atoms with Gasteiger partial charge in [0.15, 0.2) is 0 Å². The zero-order valence-corrected chi connectivity index (χ0v) is 13.1. The minimum absolute atomic E-state index is 0.649. The number of hydrogen-bond donors (Lipinski definition) is 0. The average Bonchev–Trinajstić information content (AvgIpc) is 2.46. The third kappa shape index (κ3) is 6.22. The van der Waals surface area contributed by atoms with Gasteiger partial charge in [0.05, 0.1) is 0 Å². The van der Waals surface area contributed by atoms with Crippen molar-refractivity contribution in [2.24, 2.45) is 0 Å². The van der Waals surface area contributed by atoms with Gasteiger partial charge in [-0.3, -0.25) is 0 Å². The molecule has 0 bridgehead atoms. The summed E-state index contributed by atoms with van der Waals surface area (Å²) in [6.07, 6.45) is 2.41. The topological polar surface area (TPSA) is 6.48 Å². The predicted octanol–water partition coefficient (Wildman–Crippen LogP) is 3.28. The molecule has 1 unspecified atom stereocenters. The molecule has 0 spiro atoms. The Balaban J connectivity index is 2.26. The van der Waals surface area contributed by atoms with Crippen LogP contribution in [0.25, 0.3) is 0 Å². The maximum atomic E-state index is 2.49. The molecule has 19 heavy (non-hydrogen) atoms. The van der Waals surface area contributed by atoms with Crippen molar-refractivity contribution in [1.29, 1.82) is 0 Å². The predicted molar refractivity (Wildman–Crippen MR) is 84.6 cm³/mol. The monoisotopic (exact) mass is 262 g/mol. The van der Waals surface area contributed by atoms with E-state index in [9.17, 15) is 0 Å². The Morgan fingerprint density at radius 1 is 1.00 bits per heavy atom. The maximum Gasteiger partial charge on any atom is 0.0109 e.